The molecule has 0 saturated heterocycles. The highest BCUT2D eigenvalue weighted by Gasteiger charge is 2.32. The van der Waals surface area contributed by atoms with Crippen molar-refractivity contribution < 1.29 is 30.5 Å². The van der Waals surface area contributed by atoms with E-state index >= 15 is 0 Å². The molecule has 0 bridgehead atoms. The number of rotatable bonds is 6. The van der Waals surface area contributed by atoms with Crippen LogP contribution >= 0.6 is 0 Å². The monoisotopic (exact) mass is 211 g/mol. The Morgan fingerprint density at radius 2 is 1.50 bits per heavy atom. The molecule has 0 aromatic rings. The minimum Gasteiger partial charge on any atom is -0.394 e. The van der Waals surface area contributed by atoms with Crippen molar-refractivity contribution in [3.8, 4) is 0 Å². The van der Waals surface area contributed by atoms with Crippen molar-refractivity contribution in [2.75, 3.05) is 13.2 Å². The van der Waals surface area contributed by atoms with Gasteiger partial charge < -0.3 is 25.5 Å². The summed E-state index contributed by atoms with van der Waals surface area (Å²) in [5, 5.41) is 54.2. The second-order valence-corrected chi connectivity index (χ2v) is 2.81. The highest BCUT2D eigenvalue weighted by molar-refractivity contribution is 4.79. The van der Waals surface area contributed by atoms with Gasteiger partial charge in [-0.2, -0.15) is 0 Å². The van der Waals surface area contributed by atoms with Crippen LogP contribution in [0.25, 0.3) is 0 Å². The second kappa shape index (κ2) is 5.83. The standard InChI is InChI=1S/C6H13NO7/c8-2-4(10)6(12)5(11)3(9)1-7(13)14/h3-6,8-12H,1-2H2/t3-,4-,5-,6-/m0/s1. The van der Waals surface area contributed by atoms with Gasteiger partial charge in [0.15, 0.2) is 0 Å². The lowest BCUT2D eigenvalue weighted by molar-refractivity contribution is -0.493. The number of hydrogen-bond donors (Lipinski definition) is 5. The number of aliphatic hydroxyl groups excluding tert-OH is 5. The number of hydrogen-bond acceptors (Lipinski definition) is 7. The zero-order valence-corrected chi connectivity index (χ0v) is 7.22. The van der Waals surface area contributed by atoms with Crippen LogP contribution in [0.1, 0.15) is 0 Å². The fraction of sp³-hybridized carbons (Fsp3) is 1.00. The van der Waals surface area contributed by atoms with Crippen molar-refractivity contribution in [1.29, 1.82) is 0 Å². The Morgan fingerprint density at radius 3 is 1.86 bits per heavy atom. The van der Waals surface area contributed by atoms with Crippen LogP contribution in [0.2, 0.25) is 0 Å². The maximum absolute atomic E-state index is 9.92. The smallest absolute Gasteiger partial charge is 0.232 e. The molecule has 0 heterocycles. The molecule has 0 amide bonds. The summed E-state index contributed by atoms with van der Waals surface area (Å²) < 4.78 is 0. The van der Waals surface area contributed by atoms with Gasteiger partial charge in [0.1, 0.15) is 24.4 Å². The quantitative estimate of drug-likeness (QED) is 0.228. The molecular weight excluding hydrogens is 198 g/mol. The minimum absolute atomic E-state index is 0.816. The van der Waals surface area contributed by atoms with Gasteiger partial charge in [0.25, 0.3) is 0 Å². The Hall–Kier alpha value is -0.800. The Morgan fingerprint density at radius 1 is 1.07 bits per heavy atom. The minimum atomic E-state index is -1.87. The molecule has 84 valence electrons. The predicted octanol–water partition coefficient (Wildman–Crippen LogP) is -3.30. The third-order valence-corrected chi connectivity index (χ3v) is 1.66. The van der Waals surface area contributed by atoms with E-state index in [1.54, 1.807) is 0 Å². The van der Waals surface area contributed by atoms with Gasteiger partial charge in [0.05, 0.1) is 6.61 Å². The zero-order chi connectivity index (χ0) is 11.3. The molecule has 0 aliphatic heterocycles. The zero-order valence-electron chi connectivity index (χ0n) is 7.22. The van der Waals surface area contributed by atoms with Crippen LogP contribution in [0.5, 0.6) is 0 Å². The van der Waals surface area contributed by atoms with Crippen molar-refractivity contribution in [2.24, 2.45) is 0 Å². The molecule has 0 fully saturated rings. The SMILES string of the molecule is O=[N+]([O-])C[C@H](O)[C@H](O)[C@@H](O)[C@@H](O)CO. The number of aliphatic hydroxyl groups is 5. The molecule has 14 heavy (non-hydrogen) atoms. The topological polar surface area (TPSA) is 144 Å². The van der Waals surface area contributed by atoms with E-state index in [1.165, 1.54) is 0 Å². The van der Waals surface area contributed by atoms with E-state index in [4.69, 9.17) is 25.5 Å². The van der Waals surface area contributed by atoms with Crippen LogP contribution in [-0.2, 0) is 0 Å². The molecule has 0 unspecified atom stereocenters. The lowest BCUT2D eigenvalue weighted by atomic mass is 10.0. The normalized spacial score (nSPS) is 19.8. The van der Waals surface area contributed by atoms with Gasteiger partial charge in [0, 0.05) is 4.92 Å². The lowest BCUT2D eigenvalue weighted by Crippen LogP contribution is -2.47. The largest absolute Gasteiger partial charge is 0.394 e. The highest BCUT2D eigenvalue weighted by atomic mass is 16.6. The Bertz CT molecular complexity index is 187. The Labute approximate surface area is 79.2 Å². The summed E-state index contributed by atoms with van der Waals surface area (Å²) >= 11 is 0. The van der Waals surface area contributed by atoms with Gasteiger partial charge in [-0.3, -0.25) is 10.1 Å². The van der Waals surface area contributed by atoms with E-state index in [9.17, 15) is 10.1 Å². The van der Waals surface area contributed by atoms with Crippen molar-refractivity contribution in [2.45, 2.75) is 24.4 Å². The molecule has 0 spiro atoms. The predicted molar refractivity (Wildman–Crippen MR) is 43.0 cm³/mol. The van der Waals surface area contributed by atoms with Gasteiger partial charge in [-0.1, -0.05) is 0 Å². The first-order chi connectivity index (χ1) is 6.40. The molecule has 0 aliphatic rings. The summed E-state index contributed by atoms with van der Waals surface area (Å²) in [5.41, 5.74) is 0. The molecular formula is C6H13NO7. The molecule has 8 heteroatoms. The van der Waals surface area contributed by atoms with Crippen molar-refractivity contribution in [3.63, 3.8) is 0 Å². The number of nitro groups is 1. The molecule has 0 saturated carbocycles. The van der Waals surface area contributed by atoms with Gasteiger partial charge in [-0.05, 0) is 0 Å². The van der Waals surface area contributed by atoms with Crippen LogP contribution in [0, 0.1) is 10.1 Å². The van der Waals surface area contributed by atoms with Crippen molar-refractivity contribution >= 4 is 0 Å². The third kappa shape index (κ3) is 3.94. The second-order valence-electron chi connectivity index (χ2n) is 2.81. The summed E-state index contributed by atoms with van der Waals surface area (Å²) in [6.07, 6.45) is -7.13. The molecule has 0 aromatic carbocycles. The van der Waals surface area contributed by atoms with E-state index < -0.39 is 42.5 Å². The van der Waals surface area contributed by atoms with Crippen molar-refractivity contribution in [3.05, 3.63) is 10.1 Å². The fourth-order valence-corrected chi connectivity index (χ4v) is 0.824. The molecule has 0 rings (SSSR count). The van der Waals surface area contributed by atoms with Gasteiger partial charge in [-0.15, -0.1) is 0 Å². The van der Waals surface area contributed by atoms with E-state index in [0.29, 0.717) is 0 Å². The summed E-state index contributed by atoms with van der Waals surface area (Å²) in [5.74, 6) is 0. The van der Waals surface area contributed by atoms with E-state index in [1.807, 2.05) is 0 Å². The van der Waals surface area contributed by atoms with Gasteiger partial charge >= 0.3 is 0 Å². The summed E-state index contributed by atoms with van der Waals surface area (Å²) in [4.78, 5) is 9.05. The average Bonchev–Trinajstić information content (AvgIpc) is 2.13. The molecule has 8 nitrogen and oxygen atoms in total. The summed E-state index contributed by atoms with van der Waals surface area (Å²) in [6.45, 7) is -1.76. The molecule has 5 N–H and O–H groups in total. The van der Waals surface area contributed by atoms with Crippen LogP contribution in [0.15, 0.2) is 0 Å². The first-order valence-electron chi connectivity index (χ1n) is 3.85. The van der Waals surface area contributed by atoms with Crippen LogP contribution in [-0.4, -0.2) is 68.0 Å². The Kier molecular flexibility index (Phi) is 5.50. The van der Waals surface area contributed by atoms with Gasteiger partial charge in [-0.25, -0.2) is 0 Å². The Balaban J connectivity index is 4.15. The lowest BCUT2D eigenvalue weighted by Gasteiger charge is -2.23. The van der Waals surface area contributed by atoms with Crippen LogP contribution in [0.4, 0.5) is 0 Å². The first kappa shape index (κ1) is 13.2. The van der Waals surface area contributed by atoms with Crippen LogP contribution < -0.4 is 0 Å². The fourth-order valence-electron chi connectivity index (χ4n) is 0.824. The first-order valence-corrected chi connectivity index (χ1v) is 3.85. The van der Waals surface area contributed by atoms with Crippen molar-refractivity contribution in [1.82, 2.24) is 0 Å². The average molecular weight is 211 g/mol. The molecule has 0 radical (unpaired) electrons. The highest BCUT2D eigenvalue weighted by Crippen LogP contribution is 2.05. The molecule has 0 aromatic heterocycles. The summed E-state index contributed by atoms with van der Waals surface area (Å²) in [6, 6.07) is 0. The maximum atomic E-state index is 9.92. The molecule has 0 aliphatic carbocycles. The summed E-state index contributed by atoms with van der Waals surface area (Å²) in [7, 11) is 0. The third-order valence-electron chi connectivity index (χ3n) is 1.66. The molecule has 4 atom stereocenters. The van der Waals surface area contributed by atoms with E-state index in [2.05, 4.69) is 0 Å². The van der Waals surface area contributed by atoms with E-state index in [0.717, 1.165) is 0 Å². The number of nitrogens with zero attached hydrogens (tertiary/aromatic N) is 1. The van der Waals surface area contributed by atoms with E-state index in [-0.39, 0.29) is 0 Å². The van der Waals surface area contributed by atoms with Crippen LogP contribution in [0.3, 0.4) is 0 Å². The van der Waals surface area contributed by atoms with Gasteiger partial charge in [0.2, 0.25) is 6.54 Å². The maximum Gasteiger partial charge on any atom is 0.232 e.